The summed E-state index contributed by atoms with van der Waals surface area (Å²) < 4.78 is 14.4. The Balaban J connectivity index is 1.59. The van der Waals surface area contributed by atoms with Crippen LogP contribution in [0.5, 0.6) is 0 Å². The van der Waals surface area contributed by atoms with E-state index in [9.17, 15) is 18.8 Å². The number of hydrogen-bond acceptors (Lipinski definition) is 5. The normalized spacial score (nSPS) is 14.2. The van der Waals surface area contributed by atoms with Crippen molar-refractivity contribution in [2.75, 3.05) is 9.80 Å². The SMILES string of the molecule is CC(=O)N(c1nc(/C=C2/C(=O)N(c3ccc(C)cc3)C(=O)c3ccccc32)cs1)c1ccccc1F. The van der Waals surface area contributed by atoms with Crippen LogP contribution in [-0.2, 0) is 9.59 Å². The maximum absolute atomic E-state index is 14.4. The van der Waals surface area contributed by atoms with Gasteiger partial charge in [-0.1, -0.05) is 48.0 Å². The number of aromatic nitrogens is 1. The highest BCUT2D eigenvalue weighted by Gasteiger charge is 2.36. The molecule has 3 aromatic carbocycles. The zero-order valence-corrected chi connectivity index (χ0v) is 20.3. The summed E-state index contributed by atoms with van der Waals surface area (Å²) in [6.07, 6.45) is 1.59. The first kappa shape index (κ1) is 23.3. The largest absolute Gasteiger partial charge is 0.274 e. The molecule has 1 aromatic heterocycles. The number of aryl methyl sites for hydroxylation is 1. The molecular weight excluding hydrogens is 477 g/mol. The summed E-state index contributed by atoms with van der Waals surface area (Å²) in [6, 6.07) is 20.0. The zero-order valence-electron chi connectivity index (χ0n) is 19.4. The number of carbonyl (C=O) groups is 3. The lowest BCUT2D eigenvalue weighted by Crippen LogP contribution is -2.41. The van der Waals surface area contributed by atoms with Gasteiger partial charge in [0.1, 0.15) is 5.82 Å². The van der Waals surface area contributed by atoms with E-state index in [0.717, 1.165) is 21.8 Å². The van der Waals surface area contributed by atoms with Gasteiger partial charge in [-0.25, -0.2) is 14.3 Å². The van der Waals surface area contributed by atoms with Crippen LogP contribution in [0.25, 0.3) is 11.6 Å². The minimum atomic E-state index is -0.550. The highest BCUT2D eigenvalue weighted by molar-refractivity contribution is 7.14. The molecule has 0 unspecified atom stereocenters. The van der Waals surface area contributed by atoms with Gasteiger partial charge >= 0.3 is 0 Å². The molecule has 0 bridgehead atoms. The third-order valence-electron chi connectivity index (χ3n) is 5.78. The lowest BCUT2D eigenvalue weighted by atomic mass is 9.92. The molecule has 1 aliphatic heterocycles. The van der Waals surface area contributed by atoms with Gasteiger partial charge in [-0.3, -0.25) is 19.3 Å². The number of thiazole rings is 1. The molecule has 36 heavy (non-hydrogen) atoms. The van der Waals surface area contributed by atoms with Crippen LogP contribution in [-0.4, -0.2) is 22.7 Å². The number of carbonyl (C=O) groups excluding carboxylic acids is 3. The Hall–Kier alpha value is -4.43. The van der Waals surface area contributed by atoms with Crippen molar-refractivity contribution < 1.29 is 18.8 Å². The lowest BCUT2D eigenvalue weighted by Gasteiger charge is -2.28. The molecule has 0 N–H and O–H groups in total. The highest BCUT2D eigenvalue weighted by atomic mass is 32.1. The Bertz CT molecular complexity index is 1540. The van der Waals surface area contributed by atoms with Crippen LogP contribution >= 0.6 is 11.3 Å². The molecule has 1 aliphatic rings. The van der Waals surface area contributed by atoms with Crippen LogP contribution in [0.4, 0.5) is 20.9 Å². The van der Waals surface area contributed by atoms with Crippen LogP contribution in [0.1, 0.15) is 34.1 Å². The second kappa shape index (κ2) is 9.31. The monoisotopic (exact) mass is 497 g/mol. The van der Waals surface area contributed by atoms with Gasteiger partial charge in [-0.2, -0.15) is 0 Å². The second-order valence-electron chi connectivity index (χ2n) is 8.25. The average molecular weight is 498 g/mol. The third-order valence-corrected chi connectivity index (χ3v) is 6.62. The Morgan fingerprint density at radius 2 is 1.61 bits per heavy atom. The van der Waals surface area contributed by atoms with Crippen LogP contribution in [0.3, 0.4) is 0 Å². The minimum absolute atomic E-state index is 0.0915. The number of benzene rings is 3. The molecule has 0 radical (unpaired) electrons. The molecule has 2 heterocycles. The number of anilines is 3. The van der Waals surface area contributed by atoms with E-state index < -0.39 is 23.5 Å². The summed E-state index contributed by atoms with van der Waals surface area (Å²) in [5.74, 6) is -1.83. The van der Waals surface area contributed by atoms with Gasteiger partial charge in [0.25, 0.3) is 11.8 Å². The van der Waals surface area contributed by atoms with E-state index in [1.165, 1.54) is 24.0 Å². The summed E-state index contributed by atoms with van der Waals surface area (Å²) >= 11 is 1.15. The van der Waals surface area contributed by atoms with E-state index in [1.807, 2.05) is 19.1 Å². The number of nitrogens with zero attached hydrogens (tertiary/aromatic N) is 3. The maximum Gasteiger partial charge on any atom is 0.266 e. The summed E-state index contributed by atoms with van der Waals surface area (Å²) in [7, 11) is 0. The van der Waals surface area contributed by atoms with Gasteiger partial charge in [-0.05, 0) is 43.3 Å². The number of amides is 3. The molecular formula is C28H20FN3O3S. The number of para-hydroxylation sites is 1. The van der Waals surface area contributed by atoms with Gasteiger partial charge in [0, 0.05) is 23.4 Å². The summed E-state index contributed by atoms with van der Waals surface area (Å²) in [4.78, 5) is 46.1. The summed E-state index contributed by atoms with van der Waals surface area (Å²) in [5.41, 5.74) is 3.17. The predicted octanol–water partition coefficient (Wildman–Crippen LogP) is 6.00. The molecule has 0 fully saturated rings. The maximum atomic E-state index is 14.4. The molecule has 5 rings (SSSR count). The first-order valence-corrected chi connectivity index (χ1v) is 12.0. The van der Waals surface area contributed by atoms with Crippen molar-refractivity contribution in [2.24, 2.45) is 0 Å². The Morgan fingerprint density at radius 3 is 2.31 bits per heavy atom. The fourth-order valence-electron chi connectivity index (χ4n) is 4.05. The molecule has 0 saturated carbocycles. The average Bonchev–Trinajstić information content (AvgIpc) is 3.32. The smallest absolute Gasteiger partial charge is 0.266 e. The van der Waals surface area contributed by atoms with Crippen molar-refractivity contribution in [3.63, 3.8) is 0 Å². The van der Waals surface area contributed by atoms with Crippen LogP contribution in [0.15, 0.2) is 78.2 Å². The van der Waals surface area contributed by atoms with Crippen molar-refractivity contribution in [1.29, 1.82) is 0 Å². The Morgan fingerprint density at radius 1 is 0.944 bits per heavy atom. The molecule has 3 amide bonds. The Kier molecular flexibility index (Phi) is 6.03. The first-order chi connectivity index (χ1) is 17.3. The zero-order chi connectivity index (χ0) is 25.4. The number of rotatable bonds is 4. The molecule has 0 saturated heterocycles. The van der Waals surface area contributed by atoms with Crippen molar-refractivity contribution in [1.82, 2.24) is 4.98 Å². The number of hydrogen-bond donors (Lipinski definition) is 0. The van der Waals surface area contributed by atoms with Crippen LogP contribution in [0.2, 0.25) is 0 Å². The molecule has 8 heteroatoms. The quantitative estimate of drug-likeness (QED) is 0.256. The van der Waals surface area contributed by atoms with Gasteiger partial charge in [-0.15, -0.1) is 11.3 Å². The summed E-state index contributed by atoms with van der Waals surface area (Å²) in [5, 5.41) is 1.95. The summed E-state index contributed by atoms with van der Waals surface area (Å²) in [6.45, 7) is 3.26. The fourth-order valence-corrected chi connectivity index (χ4v) is 4.89. The van der Waals surface area contributed by atoms with Crippen LogP contribution in [0, 0.1) is 12.7 Å². The van der Waals surface area contributed by atoms with Crippen molar-refractivity contribution >= 4 is 57.2 Å². The van der Waals surface area contributed by atoms with E-state index in [2.05, 4.69) is 4.98 Å². The number of halogens is 1. The minimum Gasteiger partial charge on any atom is -0.274 e. The number of imide groups is 1. The van der Waals surface area contributed by atoms with Gasteiger partial charge in [0.15, 0.2) is 5.13 Å². The van der Waals surface area contributed by atoms with E-state index >= 15 is 0 Å². The van der Waals surface area contributed by atoms with E-state index in [-0.39, 0.29) is 10.8 Å². The van der Waals surface area contributed by atoms with Gasteiger partial charge < -0.3 is 0 Å². The van der Waals surface area contributed by atoms with Gasteiger partial charge in [0.2, 0.25) is 5.91 Å². The van der Waals surface area contributed by atoms with E-state index in [0.29, 0.717) is 28.1 Å². The molecule has 4 aromatic rings. The second-order valence-corrected chi connectivity index (χ2v) is 9.08. The van der Waals surface area contributed by atoms with Crippen molar-refractivity contribution in [3.05, 3.63) is 106 Å². The third kappa shape index (κ3) is 4.12. The van der Waals surface area contributed by atoms with Crippen molar-refractivity contribution in [3.8, 4) is 0 Å². The van der Waals surface area contributed by atoms with Crippen LogP contribution < -0.4 is 9.80 Å². The fraction of sp³-hybridized carbons (Fsp3) is 0.0714. The predicted molar refractivity (Wildman–Crippen MR) is 139 cm³/mol. The molecule has 0 atom stereocenters. The topological polar surface area (TPSA) is 70.6 Å². The van der Waals surface area contributed by atoms with Gasteiger partial charge in [0.05, 0.1) is 22.6 Å². The van der Waals surface area contributed by atoms with E-state index in [1.54, 1.807) is 60.0 Å². The number of fused-ring (bicyclic) bond motifs is 1. The highest BCUT2D eigenvalue weighted by Crippen LogP contribution is 2.35. The van der Waals surface area contributed by atoms with E-state index in [4.69, 9.17) is 0 Å². The first-order valence-electron chi connectivity index (χ1n) is 11.1. The van der Waals surface area contributed by atoms with Crippen molar-refractivity contribution in [2.45, 2.75) is 13.8 Å². The Labute approximate surface area is 210 Å². The molecule has 0 aliphatic carbocycles. The lowest BCUT2D eigenvalue weighted by molar-refractivity contribution is -0.116. The molecule has 6 nitrogen and oxygen atoms in total. The molecule has 178 valence electrons. The molecule has 0 spiro atoms. The standard InChI is InChI=1S/C28H20FN3O3S/c1-17-11-13-20(14-12-17)32-26(34)22-8-4-3-7-21(22)23(27(32)35)15-19-16-36-28(30-19)31(18(2)33)25-10-6-5-9-24(25)29/h3-16H,1-2H3/b23-15+.